The van der Waals surface area contributed by atoms with Crippen molar-refractivity contribution in [2.75, 3.05) is 19.8 Å². The summed E-state index contributed by atoms with van der Waals surface area (Å²) in [4.78, 5) is 13.3. The van der Waals surface area contributed by atoms with Crippen LogP contribution in [0.4, 0.5) is 0 Å². The fourth-order valence-corrected chi connectivity index (χ4v) is 2.63. The Kier molecular flexibility index (Phi) is 2.73. The molecule has 1 saturated heterocycles. The van der Waals surface area contributed by atoms with E-state index < -0.39 is 5.97 Å². The van der Waals surface area contributed by atoms with E-state index in [-0.39, 0.29) is 17.5 Å². The average Bonchev–Trinajstić information content (AvgIpc) is 2.05. The lowest BCUT2D eigenvalue weighted by molar-refractivity contribution is -0.156. The highest BCUT2D eigenvalue weighted by molar-refractivity contribution is 5.72. The number of carbonyl (C=O) groups is 1. The summed E-state index contributed by atoms with van der Waals surface area (Å²) < 4.78 is 5.44. The normalized spacial score (nSPS) is 35.9. The van der Waals surface area contributed by atoms with Crippen LogP contribution in [0.25, 0.3) is 0 Å². The topological polar surface area (TPSA) is 49.8 Å². The molecule has 0 aromatic rings. The highest BCUT2D eigenvalue weighted by atomic mass is 16.5. The van der Waals surface area contributed by atoms with E-state index in [2.05, 4.69) is 18.7 Å². The Hall–Kier alpha value is -0.610. The molecular formula is C11H19NO3. The van der Waals surface area contributed by atoms with Crippen molar-refractivity contribution in [2.45, 2.75) is 38.3 Å². The molecule has 2 aliphatic rings. The first-order valence-corrected chi connectivity index (χ1v) is 5.60. The zero-order valence-corrected chi connectivity index (χ0v) is 9.40. The number of aliphatic carboxylic acids is 1. The van der Waals surface area contributed by atoms with Gasteiger partial charge >= 0.3 is 5.97 Å². The van der Waals surface area contributed by atoms with Crippen molar-refractivity contribution in [3.63, 3.8) is 0 Å². The smallest absolute Gasteiger partial charge is 0.308 e. The predicted molar refractivity (Wildman–Crippen MR) is 55.8 cm³/mol. The molecule has 1 N–H and O–H groups in total. The van der Waals surface area contributed by atoms with Gasteiger partial charge in [-0.1, -0.05) is 0 Å². The van der Waals surface area contributed by atoms with Gasteiger partial charge in [0, 0.05) is 18.1 Å². The Morgan fingerprint density at radius 3 is 2.67 bits per heavy atom. The maximum Gasteiger partial charge on any atom is 0.308 e. The number of morpholine rings is 1. The minimum Gasteiger partial charge on any atom is -0.481 e. The third kappa shape index (κ3) is 1.88. The van der Waals surface area contributed by atoms with Gasteiger partial charge in [0.25, 0.3) is 0 Å². The number of ether oxygens (including phenoxy) is 1. The Morgan fingerprint density at radius 1 is 1.47 bits per heavy atom. The van der Waals surface area contributed by atoms with Gasteiger partial charge in [-0.3, -0.25) is 9.69 Å². The molecule has 4 heteroatoms. The molecule has 0 spiro atoms. The molecule has 2 atom stereocenters. The molecule has 0 aromatic carbocycles. The average molecular weight is 213 g/mol. The Morgan fingerprint density at radius 2 is 2.20 bits per heavy atom. The third-order valence-electron chi connectivity index (χ3n) is 3.66. The Labute approximate surface area is 90.2 Å². The number of nitrogens with zero attached hydrogens (tertiary/aromatic N) is 1. The summed E-state index contributed by atoms with van der Waals surface area (Å²) in [6.07, 6.45) is 1.84. The van der Waals surface area contributed by atoms with Gasteiger partial charge < -0.3 is 9.84 Å². The molecule has 86 valence electrons. The molecule has 15 heavy (non-hydrogen) atoms. The maximum atomic E-state index is 11.0. The molecule has 0 bridgehead atoms. The fraction of sp³-hybridized carbons (Fsp3) is 0.909. The quantitative estimate of drug-likeness (QED) is 0.742. The highest BCUT2D eigenvalue weighted by Crippen LogP contribution is 2.37. The number of rotatable bonds is 2. The van der Waals surface area contributed by atoms with Crippen molar-refractivity contribution in [3.05, 3.63) is 0 Å². The van der Waals surface area contributed by atoms with E-state index in [1.165, 1.54) is 0 Å². The predicted octanol–water partition coefficient (Wildman–Crippen LogP) is 0.960. The zero-order chi connectivity index (χ0) is 11.1. The highest BCUT2D eigenvalue weighted by Gasteiger charge is 2.46. The minimum atomic E-state index is -0.645. The monoisotopic (exact) mass is 213 g/mol. The van der Waals surface area contributed by atoms with E-state index in [0.29, 0.717) is 6.61 Å². The van der Waals surface area contributed by atoms with Crippen LogP contribution in [-0.2, 0) is 9.53 Å². The summed E-state index contributed by atoms with van der Waals surface area (Å²) in [5, 5.41) is 9.05. The van der Waals surface area contributed by atoms with Crippen LogP contribution in [0.3, 0.4) is 0 Å². The molecule has 2 unspecified atom stereocenters. The molecular weight excluding hydrogens is 194 g/mol. The van der Waals surface area contributed by atoms with Gasteiger partial charge in [-0.15, -0.1) is 0 Å². The van der Waals surface area contributed by atoms with Crippen LogP contribution < -0.4 is 0 Å². The zero-order valence-electron chi connectivity index (χ0n) is 9.40. The number of hydrogen-bond acceptors (Lipinski definition) is 3. The van der Waals surface area contributed by atoms with Gasteiger partial charge in [0.1, 0.15) is 0 Å². The lowest BCUT2D eigenvalue weighted by Gasteiger charge is -2.52. The number of carboxylic acids is 1. The van der Waals surface area contributed by atoms with Crippen LogP contribution in [0.1, 0.15) is 26.7 Å². The fourth-order valence-electron chi connectivity index (χ4n) is 2.63. The Bertz CT molecular complexity index is 265. The van der Waals surface area contributed by atoms with Crippen molar-refractivity contribution in [3.8, 4) is 0 Å². The van der Waals surface area contributed by atoms with E-state index in [4.69, 9.17) is 9.84 Å². The van der Waals surface area contributed by atoms with Crippen LogP contribution in [-0.4, -0.2) is 47.3 Å². The van der Waals surface area contributed by atoms with E-state index in [1.807, 2.05) is 0 Å². The summed E-state index contributed by atoms with van der Waals surface area (Å²) in [5.41, 5.74) is -0.0168. The summed E-state index contributed by atoms with van der Waals surface area (Å²) in [6.45, 7) is 6.55. The first-order valence-electron chi connectivity index (χ1n) is 5.60. The second-order valence-corrected chi connectivity index (χ2v) is 5.15. The third-order valence-corrected chi connectivity index (χ3v) is 3.66. The second-order valence-electron chi connectivity index (χ2n) is 5.15. The van der Waals surface area contributed by atoms with Gasteiger partial charge in [0.15, 0.2) is 0 Å². The van der Waals surface area contributed by atoms with Crippen LogP contribution in [0.5, 0.6) is 0 Å². The molecule has 1 aliphatic heterocycles. The van der Waals surface area contributed by atoms with E-state index >= 15 is 0 Å². The SMILES string of the molecule is CC1(C)COCCN1C1CCC1C(=O)O. The second kappa shape index (κ2) is 3.76. The van der Waals surface area contributed by atoms with Crippen LogP contribution in [0, 0.1) is 5.92 Å². The van der Waals surface area contributed by atoms with E-state index in [9.17, 15) is 4.79 Å². The van der Waals surface area contributed by atoms with Crippen LogP contribution >= 0.6 is 0 Å². The standard InChI is InChI=1S/C11H19NO3/c1-11(2)7-15-6-5-12(11)9-4-3-8(9)10(13)14/h8-9H,3-7H2,1-2H3,(H,13,14). The molecule has 1 aliphatic carbocycles. The Balaban J connectivity index is 2.06. The minimum absolute atomic E-state index is 0.0168. The maximum absolute atomic E-state index is 11.0. The van der Waals surface area contributed by atoms with Crippen LogP contribution in [0.2, 0.25) is 0 Å². The molecule has 2 fully saturated rings. The van der Waals surface area contributed by atoms with Gasteiger partial charge in [-0.2, -0.15) is 0 Å². The van der Waals surface area contributed by atoms with Crippen molar-refractivity contribution in [2.24, 2.45) is 5.92 Å². The molecule has 0 aromatic heterocycles. The van der Waals surface area contributed by atoms with Gasteiger partial charge in [0.05, 0.1) is 19.1 Å². The van der Waals surface area contributed by atoms with Gasteiger partial charge in [-0.05, 0) is 26.7 Å². The number of hydrogen-bond donors (Lipinski definition) is 1. The van der Waals surface area contributed by atoms with E-state index in [1.54, 1.807) is 0 Å². The first kappa shape index (κ1) is 10.9. The summed E-state index contributed by atoms with van der Waals surface area (Å²) in [5.74, 6) is -0.809. The molecule has 1 saturated carbocycles. The molecule has 0 amide bonds. The van der Waals surface area contributed by atoms with Crippen LogP contribution in [0.15, 0.2) is 0 Å². The van der Waals surface area contributed by atoms with Crippen molar-refractivity contribution in [1.82, 2.24) is 4.90 Å². The lowest BCUT2D eigenvalue weighted by atomic mass is 9.76. The molecule has 4 nitrogen and oxygen atoms in total. The lowest BCUT2D eigenvalue weighted by Crippen LogP contribution is -2.62. The summed E-state index contributed by atoms with van der Waals surface area (Å²) >= 11 is 0. The summed E-state index contributed by atoms with van der Waals surface area (Å²) in [7, 11) is 0. The first-order chi connectivity index (χ1) is 7.02. The molecule has 2 rings (SSSR count). The molecule has 1 heterocycles. The van der Waals surface area contributed by atoms with Gasteiger partial charge in [0.2, 0.25) is 0 Å². The summed E-state index contributed by atoms with van der Waals surface area (Å²) in [6, 6.07) is 0.224. The largest absolute Gasteiger partial charge is 0.481 e. The van der Waals surface area contributed by atoms with Crippen molar-refractivity contribution >= 4 is 5.97 Å². The molecule has 0 radical (unpaired) electrons. The van der Waals surface area contributed by atoms with Crippen molar-refractivity contribution in [1.29, 1.82) is 0 Å². The van der Waals surface area contributed by atoms with Crippen molar-refractivity contribution < 1.29 is 14.6 Å². The van der Waals surface area contributed by atoms with Gasteiger partial charge in [-0.25, -0.2) is 0 Å². The number of carboxylic acid groups (broad SMARTS) is 1. The van der Waals surface area contributed by atoms with E-state index in [0.717, 1.165) is 26.0 Å².